The Hall–Kier alpha value is -3.28. The van der Waals surface area contributed by atoms with Gasteiger partial charge >= 0.3 is 0 Å². The zero-order valence-electron chi connectivity index (χ0n) is 12.4. The molecule has 3 aromatic rings. The van der Waals surface area contributed by atoms with E-state index in [1.54, 1.807) is 6.21 Å². The summed E-state index contributed by atoms with van der Waals surface area (Å²) in [5, 5.41) is 23.8. The Balaban J connectivity index is 1.79. The number of hydrogen-bond acceptors (Lipinski definition) is 4. The molecule has 1 amide bonds. The molecule has 2 aromatic carbocycles. The van der Waals surface area contributed by atoms with Crippen LogP contribution in [0.3, 0.4) is 0 Å². The van der Waals surface area contributed by atoms with Crippen molar-refractivity contribution in [1.29, 1.82) is 0 Å². The van der Waals surface area contributed by atoms with Gasteiger partial charge in [-0.05, 0) is 18.2 Å². The normalized spacial score (nSPS) is 11.2. The summed E-state index contributed by atoms with van der Waals surface area (Å²) in [7, 11) is 1.94. The van der Waals surface area contributed by atoms with Gasteiger partial charge in [0.25, 0.3) is 5.91 Å². The fraction of sp³-hybridized carbons (Fsp3) is 0.0588. The predicted octanol–water partition coefficient (Wildman–Crippen LogP) is 2.35. The zero-order valence-corrected chi connectivity index (χ0v) is 12.4. The molecule has 0 bridgehead atoms. The first-order valence-electron chi connectivity index (χ1n) is 6.95. The van der Waals surface area contributed by atoms with Gasteiger partial charge in [0.05, 0.1) is 11.8 Å². The average molecular weight is 309 g/mol. The third-order valence-corrected chi connectivity index (χ3v) is 3.52. The molecule has 0 aliphatic rings. The van der Waals surface area contributed by atoms with E-state index in [4.69, 9.17) is 0 Å². The third kappa shape index (κ3) is 2.87. The molecular formula is C17H15N3O3. The van der Waals surface area contributed by atoms with Gasteiger partial charge in [-0.25, -0.2) is 5.43 Å². The summed E-state index contributed by atoms with van der Waals surface area (Å²) in [5.74, 6) is -0.972. The Bertz CT molecular complexity index is 913. The summed E-state index contributed by atoms with van der Waals surface area (Å²) >= 11 is 0. The second-order valence-corrected chi connectivity index (χ2v) is 5.11. The molecule has 6 heteroatoms. The molecule has 0 spiro atoms. The number of phenolic OH excluding ortho intramolecular Hbond substituents is 2. The van der Waals surface area contributed by atoms with Crippen molar-refractivity contribution in [1.82, 2.24) is 9.99 Å². The molecule has 3 rings (SSSR count). The highest BCUT2D eigenvalue weighted by Gasteiger charge is 2.10. The number of phenols is 2. The van der Waals surface area contributed by atoms with Gasteiger partial charge in [-0.2, -0.15) is 5.10 Å². The molecule has 116 valence electrons. The number of nitrogens with one attached hydrogen (secondary N) is 1. The molecule has 0 saturated carbocycles. The first kappa shape index (κ1) is 14.6. The second-order valence-electron chi connectivity index (χ2n) is 5.11. The van der Waals surface area contributed by atoms with Gasteiger partial charge in [-0.1, -0.05) is 18.2 Å². The van der Waals surface area contributed by atoms with Crippen LogP contribution in [-0.4, -0.2) is 26.9 Å². The topological polar surface area (TPSA) is 86.9 Å². The fourth-order valence-electron chi connectivity index (χ4n) is 2.41. The second kappa shape index (κ2) is 5.84. The van der Waals surface area contributed by atoms with Crippen molar-refractivity contribution in [3.8, 4) is 11.5 Å². The van der Waals surface area contributed by atoms with E-state index in [-0.39, 0.29) is 17.1 Å². The van der Waals surface area contributed by atoms with E-state index < -0.39 is 5.91 Å². The monoisotopic (exact) mass is 309 g/mol. The minimum atomic E-state index is -0.556. The van der Waals surface area contributed by atoms with Gasteiger partial charge < -0.3 is 14.8 Å². The van der Waals surface area contributed by atoms with Crippen LogP contribution in [0.2, 0.25) is 0 Å². The van der Waals surface area contributed by atoms with Crippen LogP contribution in [0.4, 0.5) is 0 Å². The van der Waals surface area contributed by atoms with E-state index in [1.165, 1.54) is 12.1 Å². The number of benzene rings is 2. The van der Waals surface area contributed by atoms with Gasteiger partial charge in [0.15, 0.2) is 0 Å². The van der Waals surface area contributed by atoms with Crippen LogP contribution >= 0.6 is 0 Å². The van der Waals surface area contributed by atoms with Crippen molar-refractivity contribution in [3.63, 3.8) is 0 Å². The number of fused-ring (bicyclic) bond motifs is 1. The van der Waals surface area contributed by atoms with E-state index in [0.717, 1.165) is 22.5 Å². The molecule has 0 radical (unpaired) electrons. The molecule has 0 aliphatic heterocycles. The highest BCUT2D eigenvalue weighted by Crippen LogP contribution is 2.22. The molecule has 6 nitrogen and oxygen atoms in total. The Kier molecular flexibility index (Phi) is 3.72. The minimum absolute atomic E-state index is 0.0397. The molecule has 0 atom stereocenters. The van der Waals surface area contributed by atoms with Gasteiger partial charge in [0.1, 0.15) is 11.5 Å². The number of nitrogens with zero attached hydrogens (tertiary/aromatic N) is 2. The number of amides is 1. The molecular weight excluding hydrogens is 294 g/mol. The van der Waals surface area contributed by atoms with Gasteiger partial charge in [-0.3, -0.25) is 4.79 Å². The van der Waals surface area contributed by atoms with Crippen molar-refractivity contribution in [2.75, 3.05) is 0 Å². The maximum atomic E-state index is 12.0. The summed E-state index contributed by atoms with van der Waals surface area (Å²) in [6, 6.07) is 11.6. The van der Waals surface area contributed by atoms with Gasteiger partial charge in [0.2, 0.25) is 0 Å². The first-order chi connectivity index (χ1) is 11.1. The van der Waals surface area contributed by atoms with E-state index in [9.17, 15) is 15.0 Å². The number of carbonyl (C=O) groups excluding carboxylic acids is 1. The van der Waals surface area contributed by atoms with Crippen LogP contribution in [0.15, 0.2) is 53.8 Å². The lowest BCUT2D eigenvalue weighted by Crippen LogP contribution is -2.17. The quantitative estimate of drug-likeness (QED) is 0.513. The van der Waals surface area contributed by atoms with Crippen molar-refractivity contribution in [2.24, 2.45) is 12.1 Å². The highest BCUT2D eigenvalue weighted by molar-refractivity contribution is 6.01. The summed E-state index contributed by atoms with van der Waals surface area (Å²) < 4.78 is 1.98. The van der Waals surface area contributed by atoms with Crippen LogP contribution in [-0.2, 0) is 7.05 Å². The number of hydrogen-bond donors (Lipinski definition) is 3. The Morgan fingerprint density at radius 2 is 2.00 bits per heavy atom. The molecule has 0 aliphatic carbocycles. The molecule has 1 heterocycles. The zero-order chi connectivity index (χ0) is 16.4. The summed E-state index contributed by atoms with van der Waals surface area (Å²) in [5.41, 5.74) is 4.34. The van der Waals surface area contributed by atoms with Crippen LogP contribution < -0.4 is 5.43 Å². The molecule has 0 unspecified atom stereocenters. The number of para-hydroxylation sites is 1. The standard InChI is InChI=1S/C17H15N3O3/c1-20-10-11(13-4-2-3-5-15(13)20)9-18-19-17(23)14-7-6-12(21)8-16(14)22/h2-10,21-22H,1H3,(H,19,23). The number of aromatic hydroxyl groups is 2. The van der Waals surface area contributed by atoms with Gasteiger partial charge in [-0.15, -0.1) is 0 Å². The fourth-order valence-corrected chi connectivity index (χ4v) is 2.41. The van der Waals surface area contributed by atoms with Crippen LogP contribution in [0.1, 0.15) is 15.9 Å². The summed E-state index contributed by atoms with van der Waals surface area (Å²) in [6.07, 6.45) is 3.47. The van der Waals surface area contributed by atoms with Crippen LogP contribution in [0, 0.1) is 0 Å². The lowest BCUT2D eigenvalue weighted by Gasteiger charge is -2.03. The van der Waals surface area contributed by atoms with Crippen molar-refractivity contribution >= 4 is 23.0 Å². The molecule has 0 saturated heterocycles. The van der Waals surface area contributed by atoms with Crippen LogP contribution in [0.25, 0.3) is 10.9 Å². The number of aryl methyl sites for hydroxylation is 1. The van der Waals surface area contributed by atoms with E-state index in [2.05, 4.69) is 10.5 Å². The number of aromatic nitrogens is 1. The highest BCUT2D eigenvalue weighted by atomic mass is 16.3. The lowest BCUT2D eigenvalue weighted by molar-refractivity contribution is 0.0952. The molecule has 1 aromatic heterocycles. The summed E-state index contributed by atoms with van der Waals surface area (Å²) in [6.45, 7) is 0. The Morgan fingerprint density at radius 1 is 1.22 bits per heavy atom. The Labute approximate surface area is 132 Å². The van der Waals surface area contributed by atoms with Crippen molar-refractivity contribution < 1.29 is 15.0 Å². The molecule has 3 N–H and O–H groups in total. The SMILES string of the molecule is Cn1cc(C=NNC(=O)c2ccc(O)cc2O)c2ccccc21. The lowest BCUT2D eigenvalue weighted by atomic mass is 10.2. The van der Waals surface area contributed by atoms with E-state index >= 15 is 0 Å². The number of rotatable bonds is 3. The molecule has 23 heavy (non-hydrogen) atoms. The van der Waals surface area contributed by atoms with Crippen molar-refractivity contribution in [2.45, 2.75) is 0 Å². The Morgan fingerprint density at radius 3 is 2.78 bits per heavy atom. The smallest absolute Gasteiger partial charge is 0.275 e. The van der Waals surface area contributed by atoms with E-state index in [0.29, 0.717) is 0 Å². The van der Waals surface area contributed by atoms with Crippen LogP contribution in [0.5, 0.6) is 11.5 Å². The number of carbonyl (C=O) groups is 1. The third-order valence-electron chi connectivity index (χ3n) is 3.52. The largest absolute Gasteiger partial charge is 0.508 e. The first-order valence-corrected chi connectivity index (χ1v) is 6.95. The summed E-state index contributed by atoms with van der Waals surface area (Å²) in [4.78, 5) is 12.0. The van der Waals surface area contributed by atoms with Gasteiger partial charge in [0, 0.05) is 35.8 Å². The van der Waals surface area contributed by atoms with Crippen molar-refractivity contribution in [3.05, 3.63) is 59.8 Å². The average Bonchev–Trinajstić information content (AvgIpc) is 2.84. The maximum absolute atomic E-state index is 12.0. The maximum Gasteiger partial charge on any atom is 0.275 e. The number of hydrazone groups is 1. The van der Waals surface area contributed by atoms with E-state index in [1.807, 2.05) is 42.1 Å². The minimum Gasteiger partial charge on any atom is -0.508 e. The molecule has 0 fully saturated rings. The predicted molar refractivity (Wildman–Crippen MR) is 87.8 cm³/mol.